The Morgan fingerprint density at radius 2 is 1.91 bits per heavy atom. The molecular formula is C26H30N4O3. The molecule has 7 nitrogen and oxygen atoms in total. The van der Waals surface area contributed by atoms with Gasteiger partial charge in [0.05, 0.1) is 23.4 Å². The Balaban J connectivity index is 1.46. The van der Waals surface area contributed by atoms with Crippen LogP contribution in [0.2, 0.25) is 0 Å². The normalized spacial score (nSPS) is 14.9. The molecule has 7 heteroatoms. The molecule has 4 rings (SSSR count). The van der Waals surface area contributed by atoms with Crippen molar-refractivity contribution in [3.05, 3.63) is 65.0 Å². The fourth-order valence-corrected chi connectivity index (χ4v) is 4.43. The maximum absolute atomic E-state index is 12.8. The molecule has 1 fully saturated rings. The van der Waals surface area contributed by atoms with E-state index in [4.69, 9.17) is 9.72 Å². The molecule has 1 saturated heterocycles. The number of hydrogen-bond acceptors (Lipinski definition) is 6. The summed E-state index contributed by atoms with van der Waals surface area (Å²) in [7, 11) is 0. The highest BCUT2D eigenvalue weighted by atomic mass is 16.5. The molecule has 1 N–H and O–H groups in total. The zero-order valence-electron chi connectivity index (χ0n) is 19.4. The van der Waals surface area contributed by atoms with Crippen molar-refractivity contribution in [2.75, 3.05) is 25.0 Å². The molecule has 0 aliphatic carbocycles. The van der Waals surface area contributed by atoms with Crippen LogP contribution in [0.1, 0.15) is 46.9 Å². The lowest BCUT2D eigenvalue weighted by molar-refractivity contribution is -0.121. The molecule has 3 heterocycles. The van der Waals surface area contributed by atoms with Gasteiger partial charge < -0.3 is 10.1 Å². The maximum atomic E-state index is 12.8. The van der Waals surface area contributed by atoms with Crippen LogP contribution in [0, 0.1) is 19.8 Å². The van der Waals surface area contributed by atoms with Gasteiger partial charge in [-0.1, -0.05) is 18.2 Å². The van der Waals surface area contributed by atoms with Gasteiger partial charge in [0.2, 0.25) is 5.91 Å². The van der Waals surface area contributed by atoms with Crippen LogP contribution in [-0.4, -0.2) is 46.4 Å². The van der Waals surface area contributed by atoms with E-state index in [9.17, 15) is 9.59 Å². The number of aryl methyl sites for hydroxylation is 2. The summed E-state index contributed by atoms with van der Waals surface area (Å²) in [5.41, 5.74) is 4.12. The predicted molar refractivity (Wildman–Crippen MR) is 128 cm³/mol. The number of amides is 1. The van der Waals surface area contributed by atoms with E-state index < -0.39 is 0 Å². The average Bonchev–Trinajstić information content (AvgIpc) is 2.80. The number of aromatic nitrogens is 2. The van der Waals surface area contributed by atoms with Gasteiger partial charge in [0.15, 0.2) is 0 Å². The summed E-state index contributed by atoms with van der Waals surface area (Å²) >= 11 is 0. The van der Waals surface area contributed by atoms with Gasteiger partial charge in [0.25, 0.3) is 0 Å². The molecule has 0 unspecified atom stereocenters. The van der Waals surface area contributed by atoms with Gasteiger partial charge in [-0.2, -0.15) is 0 Å². The fraction of sp³-hybridized carbons (Fsp3) is 0.385. The molecule has 0 radical (unpaired) electrons. The Morgan fingerprint density at radius 1 is 1.15 bits per heavy atom. The number of para-hydroxylation sites is 1. The third-order valence-electron chi connectivity index (χ3n) is 6.21. The van der Waals surface area contributed by atoms with Crippen LogP contribution in [0.3, 0.4) is 0 Å². The van der Waals surface area contributed by atoms with Gasteiger partial charge in [-0.3, -0.25) is 14.7 Å². The highest BCUT2D eigenvalue weighted by Crippen LogP contribution is 2.26. The van der Waals surface area contributed by atoms with Gasteiger partial charge >= 0.3 is 5.97 Å². The van der Waals surface area contributed by atoms with Gasteiger partial charge in [-0.25, -0.2) is 9.78 Å². The Hall–Kier alpha value is -3.32. The van der Waals surface area contributed by atoms with Crippen molar-refractivity contribution in [1.82, 2.24) is 14.9 Å². The lowest BCUT2D eigenvalue weighted by atomic mass is 9.95. The van der Waals surface area contributed by atoms with E-state index in [2.05, 4.69) is 15.2 Å². The zero-order valence-corrected chi connectivity index (χ0v) is 19.4. The van der Waals surface area contributed by atoms with Crippen molar-refractivity contribution in [2.24, 2.45) is 5.92 Å². The van der Waals surface area contributed by atoms with E-state index in [1.165, 1.54) is 0 Å². The first-order valence-corrected chi connectivity index (χ1v) is 11.5. The van der Waals surface area contributed by atoms with E-state index in [-0.39, 0.29) is 17.8 Å². The highest BCUT2D eigenvalue weighted by molar-refractivity contribution is 5.98. The number of piperidine rings is 1. The van der Waals surface area contributed by atoms with Crippen LogP contribution >= 0.6 is 0 Å². The van der Waals surface area contributed by atoms with Crippen molar-refractivity contribution in [3.63, 3.8) is 0 Å². The SMILES string of the molecule is CCOC(=O)c1c(CN2CCC(C(=O)Nc3cc(C)ccn3)CC2)nc2ccccc2c1C. The first-order valence-electron chi connectivity index (χ1n) is 11.5. The Bertz CT molecular complexity index is 1170. The van der Waals surface area contributed by atoms with E-state index >= 15 is 0 Å². The topological polar surface area (TPSA) is 84.4 Å². The van der Waals surface area contributed by atoms with Crippen molar-refractivity contribution < 1.29 is 14.3 Å². The maximum Gasteiger partial charge on any atom is 0.340 e. The van der Waals surface area contributed by atoms with E-state index in [0.717, 1.165) is 53.7 Å². The number of benzene rings is 1. The zero-order chi connectivity index (χ0) is 23.4. The quantitative estimate of drug-likeness (QED) is 0.569. The Kier molecular flexibility index (Phi) is 6.99. The van der Waals surface area contributed by atoms with Crippen LogP contribution in [0.15, 0.2) is 42.6 Å². The largest absolute Gasteiger partial charge is 0.462 e. The van der Waals surface area contributed by atoms with Crippen molar-refractivity contribution in [2.45, 2.75) is 40.2 Å². The summed E-state index contributed by atoms with van der Waals surface area (Å²) in [5, 5.41) is 3.90. The molecule has 1 amide bonds. The third-order valence-corrected chi connectivity index (χ3v) is 6.21. The molecule has 0 spiro atoms. The number of likely N-dealkylation sites (tertiary alicyclic amines) is 1. The van der Waals surface area contributed by atoms with Gasteiger partial charge in [-0.05, 0) is 76.0 Å². The van der Waals surface area contributed by atoms with Crippen molar-refractivity contribution in [1.29, 1.82) is 0 Å². The summed E-state index contributed by atoms with van der Waals surface area (Å²) in [6.07, 6.45) is 3.20. The summed E-state index contributed by atoms with van der Waals surface area (Å²) in [6, 6.07) is 11.6. The summed E-state index contributed by atoms with van der Waals surface area (Å²) < 4.78 is 5.34. The lowest BCUT2D eigenvalue weighted by Crippen LogP contribution is -2.38. The van der Waals surface area contributed by atoms with E-state index in [0.29, 0.717) is 24.5 Å². The number of ether oxygens (including phenoxy) is 1. The van der Waals surface area contributed by atoms with Crippen LogP contribution in [0.25, 0.3) is 10.9 Å². The van der Waals surface area contributed by atoms with Gasteiger partial charge in [0.1, 0.15) is 5.82 Å². The third kappa shape index (κ3) is 5.20. The minimum atomic E-state index is -0.330. The molecule has 0 bridgehead atoms. The number of esters is 1. The van der Waals surface area contributed by atoms with Crippen LogP contribution in [0.5, 0.6) is 0 Å². The molecule has 1 aliphatic rings. The van der Waals surface area contributed by atoms with Crippen LogP contribution in [0.4, 0.5) is 5.82 Å². The standard InChI is InChI=1S/C26H30N4O3/c1-4-33-26(32)24-18(3)20-7-5-6-8-21(20)28-22(24)16-30-13-10-19(11-14-30)25(31)29-23-15-17(2)9-12-27-23/h5-9,12,15,19H,4,10-11,13-14,16H2,1-3H3,(H,27,29,31). The van der Waals surface area contributed by atoms with Crippen LogP contribution in [-0.2, 0) is 16.1 Å². The smallest absolute Gasteiger partial charge is 0.340 e. The summed E-state index contributed by atoms with van der Waals surface area (Å²) in [4.78, 5) is 36.8. The molecule has 172 valence electrons. The van der Waals surface area contributed by atoms with Gasteiger partial charge in [0, 0.05) is 24.0 Å². The lowest BCUT2D eigenvalue weighted by Gasteiger charge is -2.31. The number of carbonyl (C=O) groups is 2. The number of carbonyl (C=O) groups excluding carboxylic acids is 2. The summed E-state index contributed by atoms with van der Waals surface area (Å²) in [5.74, 6) is 0.222. The molecular weight excluding hydrogens is 416 g/mol. The second-order valence-corrected chi connectivity index (χ2v) is 8.55. The molecule has 33 heavy (non-hydrogen) atoms. The average molecular weight is 447 g/mol. The minimum Gasteiger partial charge on any atom is -0.462 e. The second-order valence-electron chi connectivity index (χ2n) is 8.55. The molecule has 2 aromatic heterocycles. The second kappa shape index (κ2) is 10.1. The molecule has 1 aromatic carbocycles. The number of pyridine rings is 2. The van der Waals surface area contributed by atoms with Crippen molar-refractivity contribution in [3.8, 4) is 0 Å². The first kappa shape index (κ1) is 22.9. The van der Waals surface area contributed by atoms with E-state index in [1.807, 2.05) is 57.2 Å². The Labute approximate surface area is 194 Å². The number of fused-ring (bicyclic) bond motifs is 1. The molecule has 0 saturated carbocycles. The van der Waals surface area contributed by atoms with E-state index in [1.54, 1.807) is 6.20 Å². The number of anilines is 1. The molecule has 3 aromatic rings. The molecule has 1 aliphatic heterocycles. The number of nitrogens with zero attached hydrogens (tertiary/aromatic N) is 3. The number of hydrogen-bond donors (Lipinski definition) is 1. The Morgan fingerprint density at radius 3 is 2.64 bits per heavy atom. The van der Waals surface area contributed by atoms with Crippen LogP contribution < -0.4 is 5.32 Å². The first-order chi connectivity index (χ1) is 16.0. The van der Waals surface area contributed by atoms with Gasteiger partial charge in [-0.15, -0.1) is 0 Å². The fourth-order valence-electron chi connectivity index (χ4n) is 4.43. The number of nitrogens with one attached hydrogen (secondary N) is 1. The summed E-state index contributed by atoms with van der Waals surface area (Å²) in [6.45, 7) is 8.13. The van der Waals surface area contributed by atoms with Crippen molar-refractivity contribution >= 4 is 28.6 Å². The monoisotopic (exact) mass is 446 g/mol. The molecule has 0 atom stereocenters. The predicted octanol–water partition coefficient (Wildman–Crippen LogP) is 4.27. The number of rotatable bonds is 6. The minimum absolute atomic E-state index is 0.0136. The highest BCUT2D eigenvalue weighted by Gasteiger charge is 2.27.